The Morgan fingerprint density at radius 1 is 1.06 bits per heavy atom. The number of anilines is 1. The number of carboxylic acid groups (broad SMARTS) is 1. The molecule has 2 aliphatic rings. The Labute approximate surface area is 202 Å². The highest BCUT2D eigenvalue weighted by Crippen LogP contribution is 2.44. The van der Waals surface area contributed by atoms with Gasteiger partial charge >= 0.3 is 12.1 Å². The van der Waals surface area contributed by atoms with Gasteiger partial charge in [0.15, 0.2) is 0 Å². The first-order chi connectivity index (χ1) is 16.9. The van der Waals surface area contributed by atoms with Crippen molar-refractivity contribution in [2.75, 3.05) is 18.1 Å². The SMILES string of the molecule is CC(C)[C@@H](NC(=O)OCC1c2ccccc2-c2ccccc21)C(=O)N1CCn2ncc(C(=O)O)c21. The molecule has 5 rings (SSSR count). The van der Waals surface area contributed by atoms with Crippen LogP contribution in [-0.2, 0) is 16.1 Å². The van der Waals surface area contributed by atoms with E-state index in [1.54, 1.807) is 0 Å². The van der Waals surface area contributed by atoms with Crippen LogP contribution in [0.15, 0.2) is 54.7 Å². The number of carbonyl (C=O) groups excluding carboxylic acids is 2. The van der Waals surface area contributed by atoms with Crippen molar-refractivity contribution in [2.45, 2.75) is 32.4 Å². The molecule has 2 amide bonds. The minimum absolute atomic E-state index is 0.0421. The third-order valence-corrected chi connectivity index (χ3v) is 6.65. The quantitative estimate of drug-likeness (QED) is 0.565. The maximum atomic E-state index is 13.4. The number of aromatic nitrogens is 2. The molecule has 0 unspecified atom stereocenters. The molecule has 180 valence electrons. The van der Waals surface area contributed by atoms with Crippen LogP contribution < -0.4 is 10.2 Å². The number of nitrogens with one attached hydrogen (secondary N) is 1. The van der Waals surface area contributed by atoms with Gasteiger partial charge in [0, 0.05) is 12.5 Å². The molecule has 1 aromatic heterocycles. The number of alkyl carbamates (subject to hydrolysis) is 1. The van der Waals surface area contributed by atoms with Gasteiger partial charge in [0.2, 0.25) is 0 Å². The smallest absolute Gasteiger partial charge is 0.407 e. The number of amides is 2. The normalized spacial score (nSPS) is 14.9. The number of benzene rings is 2. The zero-order valence-corrected chi connectivity index (χ0v) is 19.5. The molecule has 1 atom stereocenters. The number of aromatic carboxylic acids is 1. The van der Waals surface area contributed by atoms with Crippen LogP contribution in [0.1, 0.15) is 41.3 Å². The van der Waals surface area contributed by atoms with Crippen molar-refractivity contribution in [1.29, 1.82) is 0 Å². The molecule has 0 spiro atoms. The van der Waals surface area contributed by atoms with E-state index in [2.05, 4.69) is 22.5 Å². The average molecular weight is 475 g/mol. The molecular weight excluding hydrogens is 448 g/mol. The number of carbonyl (C=O) groups is 3. The second-order valence-corrected chi connectivity index (χ2v) is 9.09. The number of ether oxygens (including phenoxy) is 1. The number of hydrogen-bond acceptors (Lipinski definition) is 5. The monoisotopic (exact) mass is 474 g/mol. The number of nitrogens with zero attached hydrogens (tertiary/aromatic N) is 3. The van der Waals surface area contributed by atoms with Crippen molar-refractivity contribution in [3.63, 3.8) is 0 Å². The maximum Gasteiger partial charge on any atom is 0.407 e. The van der Waals surface area contributed by atoms with Crippen molar-refractivity contribution in [3.8, 4) is 11.1 Å². The van der Waals surface area contributed by atoms with E-state index in [9.17, 15) is 19.5 Å². The predicted molar refractivity (Wildman–Crippen MR) is 128 cm³/mol. The van der Waals surface area contributed by atoms with E-state index in [-0.39, 0.29) is 36.4 Å². The fraction of sp³-hybridized carbons (Fsp3) is 0.308. The number of fused-ring (bicyclic) bond motifs is 4. The Hall–Kier alpha value is -4.14. The molecule has 0 saturated carbocycles. The lowest BCUT2D eigenvalue weighted by molar-refractivity contribution is -0.121. The number of hydrogen-bond donors (Lipinski definition) is 2. The van der Waals surface area contributed by atoms with E-state index in [0.717, 1.165) is 22.3 Å². The molecule has 3 aromatic rings. The van der Waals surface area contributed by atoms with Gasteiger partial charge in [-0.2, -0.15) is 5.10 Å². The average Bonchev–Trinajstić information content (AvgIpc) is 3.53. The molecule has 2 N–H and O–H groups in total. The van der Waals surface area contributed by atoms with Gasteiger partial charge in [-0.1, -0.05) is 62.4 Å². The van der Waals surface area contributed by atoms with Gasteiger partial charge in [-0.05, 0) is 28.2 Å². The van der Waals surface area contributed by atoms with Crippen LogP contribution in [0.3, 0.4) is 0 Å². The first kappa shape index (κ1) is 22.6. The lowest BCUT2D eigenvalue weighted by Crippen LogP contribution is -2.51. The van der Waals surface area contributed by atoms with Crippen LogP contribution in [-0.4, -0.2) is 52.1 Å². The highest BCUT2D eigenvalue weighted by molar-refractivity contribution is 6.04. The van der Waals surface area contributed by atoms with E-state index < -0.39 is 24.0 Å². The molecule has 2 heterocycles. The van der Waals surface area contributed by atoms with Crippen molar-refractivity contribution in [1.82, 2.24) is 15.1 Å². The van der Waals surface area contributed by atoms with E-state index >= 15 is 0 Å². The maximum absolute atomic E-state index is 13.4. The molecule has 1 aliphatic heterocycles. The molecule has 0 fully saturated rings. The van der Waals surface area contributed by atoms with Gasteiger partial charge in [0.05, 0.1) is 12.7 Å². The topological polar surface area (TPSA) is 114 Å². The summed E-state index contributed by atoms with van der Waals surface area (Å²) >= 11 is 0. The van der Waals surface area contributed by atoms with Crippen LogP contribution in [0.4, 0.5) is 10.6 Å². The third kappa shape index (κ3) is 3.92. The summed E-state index contributed by atoms with van der Waals surface area (Å²) in [5, 5.41) is 16.2. The van der Waals surface area contributed by atoms with Gasteiger partial charge in [0.1, 0.15) is 24.0 Å². The lowest BCUT2D eigenvalue weighted by atomic mass is 9.98. The Morgan fingerprint density at radius 3 is 2.29 bits per heavy atom. The summed E-state index contributed by atoms with van der Waals surface area (Å²) in [6.07, 6.45) is 0.547. The summed E-state index contributed by atoms with van der Waals surface area (Å²) in [6.45, 7) is 4.45. The van der Waals surface area contributed by atoms with Crippen LogP contribution in [0.25, 0.3) is 11.1 Å². The van der Waals surface area contributed by atoms with Gasteiger partial charge in [-0.25, -0.2) is 14.3 Å². The molecule has 0 radical (unpaired) electrons. The van der Waals surface area contributed by atoms with Crippen LogP contribution in [0.2, 0.25) is 0 Å². The number of rotatable bonds is 6. The molecule has 35 heavy (non-hydrogen) atoms. The first-order valence-electron chi connectivity index (χ1n) is 11.6. The molecular formula is C26H26N4O5. The summed E-state index contributed by atoms with van der Waals surface area (Å²) in [6, 6.07) is 15.2. The van der Waals surface area contributed by atoms with Gasteiger partial charge in [-0.15, -0.1) is 0 Å². The van der Waals surface area contributed by atoms with E-state index in [1.807, 2.05) is 50.2 Å². The molecule has 9 heteroatoms. The highest BCUT2D eigenvalue weighted by Gasteiger charge is 2.37. The highest BCUT2D eigenvalue weighted by atomic mass is 16.5. The second kappa shape index (κ2) is 8.90. The summed E-state index contributed by atoms with van der Waals surface area (Å²) in [5.41, 5.74) is 4.42. The molecule has 2 aromatic carbocycles. The van der Waals surface area contributed by atoms with Crippen molar-refractivity contribution >= 4 is 23.8 Å². The fourth-order valence-electron chi connectivity index (χ4n) is 4.94. The minimum atomic E-state index is -1.16. The van der Waals surface area contributed by atoms with Crippen molar-refractivity contribution in [3.05, 3.63) is 71.4 Å². The summed E-state index contributed by atoms with van der Waals surface area (Å²) in [7, 11) is 0. The van der Waals surface area contributed by atoms with Crippen LogP contribution in [0, 0.1) is 5.92 Å². The standard InChI is InChI=1S/C26H26N4O5/c1-15(2)22(24(31)29-11-12-30-23(29)20(13-27-30)25(32)33)28-26(34)35-14-21-18-9-5-3-7-16(18)17-8-4-6-10-19(17)21/h3-10,13,15,21-22H,11-12,14H2,1-2H3,(H,28,34)(H,32,33)/t22-/m1/s1. The molecule has 9 nitrogen and oxygen atoms in total. The van der Waals surface area contributed by atoms with Gasteiger partial charge in [0.25, 0.3) is 5.91 Å². The Bertz CT molecular complexity index is 1270. The number of carboxylic acids is 1. The van der Waals surface area contributed by atoms with Crippen molar-refractivity contribution < 1.29 is 24.2 Å². The Balaban J connectivity index is 1.30. The minimum Gasteiger partial charge on any atom is -0.477 e. The lowest BCUT2D eigenvalue weighted by Gasteiger charge is -2.26. The Kier molecular flexibility index (Phi) is 5.76. The van der Waals surface area contributed by atoms with Crippen molar-refractivity contribution in [2.24, 2.45) is 5.92 Å². The summed E-state index contributed by atoms with van der Waals surface area (Å²) in [4.78, 5) is 39.1. The second-order valence-electron chi connectivity index (χ2n) is 9.09. The van der Waals surface area contributed by atoms with Crippen LogP contribution >= 0.6 is 0 Å². The van der Waals surface area contributed by atoms with E-state index in [4.69, 9.17) is 4.74 Å². The zero-order chi connectivity index (χ0) is 24.7. The van der Waals surface area contributed by atoms with Gasteiger partial charge < -0.3 is 15.2 Å². The van der Waals surface area contributed by atoms with E-state index in [1.165, 1.54) is 15.8 Å². The fourth-order valence-corrected chi connectivity index (χ4v) is 4.94. The molecule has 0 bridgehead atoms. The summed E-state index contributed by atoms with van der Waals surface area (Å²) < 4.78 is 7.11. The molecule has 0 saturated heterocycles. The first-order valence-corrected chi connectivity index (χ1v) is 11.6. The van der Waals surface area contributed by atoms with Crippen LogP contribution in [0.5, 0.6) is 0 Å². The Morgan fingerprint density at radius 2 is 1.69 bits per heavy atom. The van der Waals surface area contributed by atoms with Gasteiger partial charge in [-0.3, -0.25) is 9.69 Å². The summed E-state index contributed by atoms with van der Waals surface area (Å²) in [5.74, 6) is -1.64. The third-order valence-electron chi connectivity index (χ3n) is 6.65. The van der Waals surface area contributed by atoms with E-state index in [0.29, 0.717) is 6.54 Å². The zero-order valence-electron chi connectivity index (χ0n) is 19.5. The molecule has 1 aliphatic carbocycles. The predicted octanol–water partition coefficient (Wildman–Crippen LogP) is 3.49. The largest absolute Gasteiger partial charge is 0.477 e.